The van der Waals surface area contributed by atoms with E-state index in [2.05, 4.69) is 52.2 Å². The summed E-state index contributed by atoms with van der Waals surface area (Å²) >= 11 is 0. The highest BCUT2D eigenvalue weighted by Crippen LogP contribution is 2.21. The smallest absolute Gasteiger partial charge is 0.00432 e. The van der Waals surface area contributed by atoms with Gasteiger partial charge in [0, 0.05) is 0 Å². The lowest BCUT2D eigenvalue weighted by atomic mass is 9.90. The van der Waals surface area contributed by atoms with Crippen LogP contribution in [0.5, 0.6) is 0 Å². The molecule has 1 aliphatic heterocycles. The third kappa shape index (κ3) is 17.2. The van der Waals surface area contributed by atoms with Gasteiger partial charge in [-0.1, -0.05) is 49.6 Å². The second-order valence-electron chi connectivity index (χ2n) is 5.67. The number of hydrogen-bond acceptors (Lipinski definition) is 1. The highest BCUT2D eigenvalue weighted by atomic mass is 14.9. The molecule has 1 heteroatoms. The summed E-state index contributed by atoms with van der Waals surface area (Å²) in [6.07, 6.45) is 6.04. The third-order valence-electron chi connectivity index (χ3n) is 2.46. The van der Waals surface area contributed by atoms with Crippen LogP contribution >= 0.6 is 0 Å². The molecule has 1 saturated heterocycles. The van der Waals surface area contributed by atoms with Crippen LogP contribution in [0.3, 0.4) is 0 Å². The predicted octanol–water partition coefficient (Wildman–Crippen LogP) is 5.51. The summed E-state index contributed by atoms with van der Waals surface area (Å²) in [6.45, 7) is 22.3. The van der Waals surface area contributed by atoms with Crippen LogP contribution < -0.4 is 5.32 Å². The molecule has 112 valence electrons. The van der Waals surface area contributed by atoms with E-state index in [9.17, 15) is 0 Å². The van der Waals surface area contributed by atoms with Crippen molar-refractivity contribution in [3.05, 3.63) is 36.0 Å². The average molecular weight is 265 g/mol. The summed E-state index contributed by atoms with van der Waals surface area (Å²) < 4.78 is 0. The Morgan fingerprint density at radius 1 is 1.05 bits per heavy atom. The van der Waals surface area contributed by atoms with Gasteiger partial charge in [-0.2, -0.15) is 0 Å². The summed E-state index contributed by atoms with van der Waals surface area (Å²) in [5.74, 6) is 0.794. The first kappa shape index (κ1) is 20.5. The standard InChI is InChI=1S/C11H19N.C4H8.C3H8/c1-9(2)8-10(3)11-4-6-12-7-5-11;1-4(2)3;1-3-2/h8,11-12H,1,4-7H2,2-3H3;1H2,2-3H3;3H2,1-2H3/b10-8+;;. The summed E-state index contributed by atoms with van der Waals surface area (Å²) in [5.41, 5.74) is 3.84. The Morgan fingerprint density at radius 3 is 1.74 bits per heavy atom. The van der Waals surface area contributed by atoms with Crippen molar-refractivity contribution in [1.82, 2.24) is 5.32 Å². The van der Waals surface area contributed by atoms with Gasteiger partial charge in [0.2, 0.25) is 0 Å². The normalized spacial score (nSPS) is 15.6. The molecule has 1 fully saturated rings. The second kappa shape index (κ2) is 13.6. The first-order valence-electron chi connectivity index (χ1n) is 7.51. The zero-order chi connectivity index (χ0) is 15.3. The van der Waals surface area contributed by atoms with Crippen LogP contribution in [0.4, 0.5) is 0 Å². The first-order valence-corrected chi connectivity index (χ1v) is 7.51. The lowest BCUT2D eigenvalue weighted by molar-refractivity contribution is 0.419. The lowest BCUT2D eigenvalue weighted by Gasteiger charge is -2.23. The molecule has 0 amide bonds. The topological polar surface area (TPSA) is 12.0 Å². The van der Waals surface area contributed by atoms with Gasteiger partial charge in [-0.05, 0) is 59.5 Å². The monoisotopic (exact) mass is 265 g/mol. The molecule has 0 radical (unpaired) electrons. The summed E-state index contributed by atoms with van der Waals surface area (Å²) in [5, 5.41) is 3.37. The van der Waals surface area contributed by atoms with Gasteiger partial charge in [-0.15, -0.1) is 6.58 Å². The maximum absolute atomic E-state index is 3.90. The molecule has 1 nitrogen and oxygen atoms in total. The Kier molecular flexibility index (Phi) is 14.7. The van der Waals surface area contributed by atoms with E-state index in [4.69, 9.17) is 0 Å². The molecule has 1 aliphatic rings. The van der Waals surface area contributed by atoms with Gasteiger partial charge >= 0.3 is 0 Å². The summed E-state index contributed by atoms with van der Waals surface area (Å²) in [6, 6.07) is 0. The highest BCUT2D eigenvalue weighted by molar-refractivity contribution is 5.19. The van der Waals surface area contributed by atoms with Crippen molar-refractivity contribution < 1.29 is 0 Å². The van der Waals surface area contributed by atoms with E-state index in [0.29, 0.717) is 0 Å². The quantitative estimate of drug-likeness (QED) is 0.513. The van der Waals surface area contributed by atoms with Gasteiger partial charge in [0.25, 0.3) is 0 Å². The Labute approximate surface area is 121 Å². The molecule has 0 bridgehead atoms. The van der Waals surface area contributed by atoms with Crippen LogP contribution in [0.25, 0.3) is 0 Å². The van der Waals surface area contributed by atoms with Gasteiger partial charge in [0.1, 0.15) is 0 Å². The number of hydrogen-bond donors (Lipinski definition) is 1. The summed E-state index contributed by atoms with van der Waals surface area (Å²) in [4.78, 5) is 0. The minimum Gasteiger partial charge on any atom is -0.317 e. The number of allylic oxidation sites excluding steroid dienone is 4. The van der Waals surface area contributed by atoms with Crippen LogP contribution in [0.15, 0.2) is 36.0 Å². The Hall–Kier alpha value is -0.820. The van der Waals surface area contributed by atoms with E-state index in [0.717, 1.165) is 5.92 Å². The highest BCUT2D eigenvalue weighted by Gasteiger charge is 2.13. The van der Waals surface area contributed by atoms with Crippen LogP contribution in [-0.4, -0.2) is 13.1 Å². The SMILES string of the molecule is C=C(C)/C=C(\C)C1CCNCC1.C=C(C)C.CCC. The minimum atomic E-state index is 0.794. The molecule has 0 aromatic carbocycles. The molecule has 1 heterocycles. The van der Waals surface area contributed by atoms with Crippen molar-refractivity contribution >= 4 is 0 Å². The van der Waals surface area contributed by atoms with Crippen molar-refractivity contribution in [1.29, 1.82) is 0 Å². The van der Waals surface area contributed by atoms with Crippen molar-refractivity contribution in [3.63, 3.8) is 0 Å². The molecule has 19 heavy (non-hydrogen) atoms. The second-order valence-corrected chi connectivity index (χ2v) is 5.67. The van der Waals surface area contributed by atoms with Gasteiger partial charge in [0.05, 0.1) is 0 Å². The Balaban J connectivity index is 0. The minimum absolute atomic E-state index is 0.794. The van der Waals surface area contributed by atoms with Crippen molar-refractivity contribution in [3.8, 4) is 0 Å². The predicted molar refractivity (Wildman–Crippen MR) is 90.6 cm³/mol. The molecule has 0 aliphatic carbocycles. The molecular formula is C18H35N. The fourth-order valence-electron chi connectivity index (χ4n) is 1.78. The van der Waals surface area contributed by atoms with Gasteiger partial charge in [-0.25, -0.2) is 0 Å². The van der Waals surface area contributed by atoms with E-state index in [1.165, 1.54) is 49.1 Å². The fourth-order valence-corrected chi connectivity index (χ4v) is 1.78. The largest absolute Gasteiger partial charge is 0.317 e. The molecule has 1 rings (SSSR count). The van der Waals surface area contributed by atoms with E-state index >= 15 is 0 Å². The van der Waals surface area contributed by atoms with Crippen LogP contribution in [-0.2, 0) is 0 Å². The van der Waals surface area contributed by atoms with Crippen LogP contribution in [0.2, 0.25) is 0 Å². The molecule has 0 unspecified atom stereocenters. The molecule has 1 N–H and O–H groups in total. The van der Waals surface area contributed by atoms with Crippen molar-refractivity contribution in [2.24, 2.45) is 5.92 Å². The fraction of sp³-hybridized carbons (Fsp3) is 0.667. The van der Waals surface area contributed by atoms with E-state index in [1.807, 2.05) is 13.8 Å². The van der Waals surface area contributed by atoms with Crippen LogP contribution in [0.1, 0.15) is 60.8 Å². The number of nitrogens with one attached hydrogen (secondary N) is 1. The van der Waals surface area contributed by atoms with Gasteiger partial charge in [0.15, 0.2) is 0 Å². The van der Waals surface area contributed by atoms with E-state index in [1.54, 1.807) is 0 Å². The molecule has 0 atom stereocenters. The van der Waals surface area contributed by atoms with Gasteiger partial charge in [-0.3, -0.25) is 0 Å². The molecule has 0 aromatic rings. The third-order valence-corrected chi connectivity index (χ3v) is 2.46. The van der Waals surface area contributed by atoms with Gasteiger partial charge < -0.3 is 5.32 Å². The average Bonchev–Trinajstić information content (AvgIpc) is 2.29. The Bertz CT molecular complexity index is 263. The first-order chi connectivity index (χ1) is 8.84. The molecule has 0 spiro atoms. The molecule has 0 saturated carbocycles. The van der Waals surface area contributed by atoms with Crippen LogP contribution in [0, 0.1) is 5.92 Å². The maximum atomic E-state index is 3.90. The van der Waals surface area contributed by atoms with E-state index in [-0.39, 0.29) is 0 Å². The maximum Gasteiger partial charge on any atom is -0.00432 e. The Morgan fingerprint density at radius 2 is 1.42 bits per heavy atom. The van der Waals surface area contributed by atoms with Crippen molar-refractivity contribution in [2.45, 2.75) is 60.8 Å². The zero-order valence-corrected chi connectivity index (χ0v) is 14.1. The lowest BCUT2D eigenvalue weighted by Crippen LogP contribution is -2.28. The molecule has 0 aromatic heterocycles. The number of rotatable bonds is 2. The molecular weight excluding hydrogens is 230 g/mol. The summed E-state index contributed by atoms with van der Waals surface area (Å²) in [7, 11) is 0. The van der Waals surface area contributed by atoms with E-state index < -0.39 is 0 Å². The zero-order valence-electron chi connectivity index (χ0n) is 14.1. The number of piperidine rings is 1. The van der Waals surface area contributed by atoms with Crippen molar-refractivity contribution in [2.75, 3.05) is 13.1 Å².